The number of rotatable bonds is 4. The number of hydrogen-bond donors (Lipinski definition) is 4. The zero-order valence-corrected chi connectivity index (χ0v) is 10.9. The zero-order valence-electron chi connectivity index (χ0n) is 9.88. The number of primary amides is 1. The molecule has 1 aliphatic rings. The lowest BCUT2D eigenvalue weighted by Crippen LogP contribution is -2.33. The topological polar surface area (TPSA) is 122 Å². The van der Waals surface area contributed by atoms with Gasteiger partial charge in [0.25, 0.3) is 14.1 Å². The SMILES string of the molecule is CC1CC(CN[PH](=O)O)n2cc(C(N)=O)nc2N1. The molecule has 1 aromatic heterocycles. The van der Waals surface area contributed by atoms with Crippen molar-refractivity contribution in [1.29, 1.82) is 0 Å². The van der Waals surface area contributed by atoms with E-state index in [9.17, 15) is 9.36 Å². The van der Waals surface area contributed by atoms with E-state index in [0.717, 1.165) is 6.42 Å². The molecule has 2 rings (SSSR count). The van der Waals surface area contributed by atoms with E-state index in [1.165, 1.54) is 0 Å². The molecule has 0 spiro atoms. The molecule has 18 heavy (non-hydrogen) atoms. The third kappa shape index (κ3) is 2.72. The zero-order chi connectivity index (χ0) is 13.3. The third-order valence-electron chi connectivity index (χ3n) is 2.87. The summed E-state index contributed by atoms with van der Waals surface area (Å²) in [4.78, 5) is 24.0. The second-order valence-corrected chi connectivity index (χ2v) is 5.31. The fraction of sp³-hybridized carbons (Fsp3) is 0.556. The Bertz CT molecular complexity index is 489. The maximum absolute atomic E-state index is 11.1. The molecule has 0 saturated carbocycles. The number of hydrogen-bond acceptors (Lipinski definition) is 4. The molecule has 3 unspecified atom stereocenters. The number of anilines is 1. The van der Waals surface area contributed by atoms with Gasteiger partial charge in [-0.05, 0) is 13.3 Å². The maximum atomic E-state index is 11.1. The number of aromatic nitrogens is 2. The average molecular weight is 273 g/mol. The highest BCUT2D eigenvalue weighted by atomic mass is 31.1. The van der Waals surface area contributed by atoms with Crippen LogP contribution in [0.1, 0.15) is 29.9 Å². The van der Waals surface area contributed by atoms with Gasteiger partial charge >= 0.3 is 0 Å². The van der Waals surface area contributed by atoms with Crippen LogP contribution in [0.5, 0.6) is 0 Å². The summed E-state index contributed by atoms with van der Waals surface area (Å²) in [5.41, 5.74) is 5.37. The van der Waals surface area contributed by atoms with Crippen LogP contribution in [0.3, 0.4) is 0 Å². The summed E-state index contributed by atoms with van der Waals surface area (Å²) in [6, 6.07) is 0.145. The Kier molecular flexibility index (Phi) is 3.70. The van der Waals surface area contributed by atoms with Crippen molar-refractivity contribution in [2.45, 2.75) is 25.4 Å². The summed E-state index contributed by atoms with van der Waals surface area (Å²) in [5.74, 6) is -0.0271. The summed E-state index contributed by atoms with van der Waals surface area (Å²) in [6.45, 7) is 2.33. The smallest absolute Gasteiger partial charge is 0.268 e. The molecule has 2 heterocycles. The van der Waals surface area contributed by atoms with E-state index in [-0.39, 0.29) is 17.8 Å². The first-order chi connectivity index (χ1) is 8.47. The highest BCUT2D eigenvalue weighted by Crippen LogP contribution is 2.27. The van der Waals surface area contributed by atoms with Crippen LogP contribution in [0.4, 0.5) is 5.95 Å². The van der Waals surface area contributed by atoms with Gasteiger partial charge in [0.05, 0.1) is 6.04 Å². The Labute approximate surface area is 104 Å². The van der Waals surface area contributed by atoms with Crippen molar-refractivity contribution in [2.24, 2.45) is 5.73 Å². The highest BCUT2D eigenvalue weighted by Gasteiger charge is 2.26. The van der Waals surface area contributed by atoms with Crippen molar-refractivity contribution in [3.63, 3.8) is 0 Å². The Balaban J connectivity index is 2.23. The Hall–Kier alpha value is -1.37. The molecule has 8 nitrogen and oxygen atoms in total. The number of carbonyl (C=O) groups excluding carboxylic acids is 1. The summed E-state index contributed by atoms with van der Waals surface area (Å²) in [7, 11) is -2.71. The quantitative estimate of drug-likeness (QED) is 0.559. The van der Waals surface area contributed by atoms with E-state index in [0.29, 0.717) is 12.5 Å². The van der Waals surface area contributed by atoms with Gasteiger partial charge in [-0.1, -0.05) is 0 Å². The van der Waals surface area contributed by atoms with Crippen molar-refractivity contribution < 1.29 is 14.3 Å². The molecule has 1 amide bonds. The summed E-state index contributed by atoms with van der Waals surface area (Å²) in [5, 5.41) is 5.66. The fourth-order valence-electron chi connectivity index (χ4n) is 2.09. The molecule has 0 fully saturated rings. The molecule has 5 N–H and O–H groups in total. The number of carbonyl (C=O) groups is 1. The van der Waals surface area contributed by atoms with Gasteiger partial charge in [0.15, 0.2) is 0 Å². The monoisotopic (exact) mass is 273 g/mol. The minimum Gasteiger partial charge on any atom is -0.364 e. The molecule has 0 aliphatic carbocycles. The standard InChI is InChI=1S/C9H16N5O3P/c1-5-2-6(3-11-18(16)17)14-4-7(8(10)15)13-9(14)12-5/h4-6,18H,2-3H2,1H3,(H2,10,15)(H,12,13)(H2,11,16,17). The van der Waals surface area contributed by atoms with Crippen molar-refractivity contribution >= 4 is 20.0 Å². The van der Waals surface area contributed by atoms with Gasteiger partial charge < -0.3 is 20.5 Å². The van der Waals surface area contributed by atoms with Gasteiger partial charge in [-0.3, -0.25) is 9.36 Å². The van der Waals surface area contributed by atoms with E-state index in [4.69, 9.17) is 10.6 Å². The first-order valence-electron chi connectivity index (χ1n) is 5.59. The molecular formula is C9H16N5O3P. The van der Waals surface area contributed by atoms with E-state index in [2.05, 4.69) is 15.4 Å². The van der Waals surface area contributed by atoms with Gasteiger partial charge in [0.1, 0.15) is 5.69 Å². The molecule has 100 valence electrons. The van der Waals surface area contributed by atoms with E-state index in [1.807, 2.05) is 6.92 Å². The van der Waals surface area contributed by atoms with Crippen molar-refractivity contribution in [1.82, 2.24) is 14.6 Å². The van der Waals surface area contributed by atoms with Crippen molar-refractivity contribution in [3.8, 4) is 0 Å². The third-order valence-corrected chi connectivity index (χ3v) is 3.37. The predicted molar refractivity (Wildman–Crippen MR) is 66.7 cm³/mol. The number of fused-ring (bicyclic) bond motifs is 1. The summed E-state index contributed by atoms with van der Waals surface area (Å²) >= 11 is 0. The molecule has 1 aromatic rings. The van der Waals surface area contributed by atoms with Gasteiger partial charge in [0, 0.05) is 18.8 Å². The van der Waals surface area contributed by atoms with Gasteiger partial charge in [-0.2, -0.15) is 0 Å². The molecule has 0 saturated heterocycles. The van der Waals surface area contributed by atoms with Crippen LogP contribution < -0.4 is 16.1 Å². The lowest BCUT2D eigenvalue weighted by Gasteiger charge is -2.30. The van der Waals surface area contributed by atoms with Crippen LogP contribution in [-0.2, 0) is 4.57 Å². The van der Waals surface area contributed by atoms with Crippen molar-refractivity contribution in [2.75, 3.05) is 11.9 Å². The van der Waals surface area contributed by atoms with Gasteiger partial charge in [-0.25, -0.2) is 10.1 Å². The largest absolute Gasteiger partial charge is 0.364 e. The lowest BCUT2D eigenvalue weighted by atomic mass is 10.1. The van der Waals surface area contributed by atoms with E-state index < -0.39 is 14.1 Å². The normalized spacial score (nSPS) is 24.1. The molecular weight excluding hydrogens is 257 g/mol. The molecule has 0 bridgehead atoms. The molecule has 1 aliphatic heterocycles. The first-order valence-corrected chi connectivity index (χ1v) is 6.95. The van der Waals surface area contributed by atoms with Crippen LogP contribution in [0.15, 0.2) is 6.20 Å². The minimum atomic E-state index is -2.71. The average Bonchev–Trinajstić information content (AvgIpc) is 2.69. The fourth-order valence-corrected chi connectivity index (χ4v) is 2.50. The van der Waals surface area contributed by atoms with Crippen molar-refractivity contribution in [3.05, 3.63) is 11.9 Å². The lowest BCUT2D eigenvalue weighted by molar-refractivity contribution is 0.0996. The van der Waals surface area contributed by atoms with Crippen LogP contribution in [0, 0.1) is 0 Å². The predicted octanol–water partition coefficient (Wildman–Crippen LogP) is -0.301. The first kappa shape index (κ1) is 13.1. The van der Waals surface area contributed by atoms with Crippen LogP contribution in [0.2, 0.25) is 0 Å². The molecule has 9 heteroatoms. The number of nitrogens with two attached hydrogens (primary N) is 1. The highest BCUT2D eigenvalue weighted by molar-refractivity contribution is 7.35. The van der Waals surface area contributed by atoms with Crippen LogP contribution in [0.25, 0.3) is 0 Å². The van der Waals surface area contributed by atoms with Gasteiger partial charge in [0.2, 0.25) is 5.95 Å². The molecule has 0 radical (unpaired) electrons. The van der Waals surface area contributed by atoms with E-state index in [1.54, 1.807) is 10.8 Å². The number of amides is 1. The molecule has 0 aromatic carbocycles. The Morgan fingerprint density at radius 2 is 2.56 bits per heavy atom. The molecule has 3 atom stereocenters. The Morgan fingerprint density at radius 1 is 1.83 bits per heavy atom. The van der Waals surface area contributed by atoms with Crippen LogP contribution in [-0.4, -0.2) is 32.9 Å². The summed E-state index contributed by atoms with van der Waals surface area (Å²) in [6.07, 6.45) is 2.33. The number of imidazole rings is 1. The Morgan fingerprint density at radius 3 is 3.17 bits per heavy atom. The second kappa shape index (κ2) is 5.09. The summed E-state index contributed by atoms with van der Waals surface area (Å²) < 4.78 is 12.5. The van der Waals surface area contributed by atoms with E-state index >= 15 is 0 Å². The minimum absolute atomic E-state index is 0.0297. The van der Waals surface area contributed by atoms with Crippen LogP contribution >= 0.6 is 8.18 Å². The maximum Gasteiger partial charge on any atom is 0.268 e. The van der Waals surface area contributed by atoms with Gasteiger partial charge in [-0.15, -0.1) is 0 Å². The number of nitrogens with one attached hydrogen (secondary N) is 2. The number of nitrogens with zero attached hydrogens (tertiary/aromatic N) is 2. The second-order valence-electron chi connectivity index (χ2n) is 4.34.